The lowest BCUT2D eigenvalue weighted by Gasteiger charge is -2.39. The van der Waals surface area contributed by atoms with Crippen molar-refractivity contribution in [2.24, 2.45) is 29.6 Å². The lowest BCUT2D eigenvalue weighted by atomic mass is 9.84. The number of likely N-dealkylation sites (N-methyl/N-ethyl adjacent to an activating group) is 7. The van der Waals surface area contributed by atoms with Crippen LogP contribution in [0.2, 0.25) is 0 Å². The largest absolute Gasteiger partial charge is 0.419 e. The summed E-state index contributed by atoms with van der Waals surface area (Å²) in [5.74, 6) is -10.1. The second kappa shape index (κ2) is 34.7. The molecular weight excluding hydrogens is 1190 g/mol. The van der Waals surface area contributed by atoms with Crippen LogP contribution in [0.3, 0.4) is 0 Å². The third-order valence-electron chi connectivity index (χ3n) is 17.9. The number of amides is 11. The molecule has 91 heavy (non-hydrogen) atoms. The van der Waals surface area contributed by atoms with Gasteiger partial charge in [-0.1, -0.05) is 100.0 Å². The summed E-state index contributed by atoms with van der Waals surface area (Å²) in [6, 6.07) is -6.00. The zero-order valence-electron chi connectivity index (χ0n) is 57.1. The van der Waals surface area contributed by atoms with Gasteiger partial charge in [-0.2, -0.15) is 13.2 Å². The number of nitrogens with one attached hydrogen (secondary N) is 4. The molecule has 1 heterocycles. The Morgan fingerprint density at radius 1 is 0.582 bits per heavy atom. The van der Waals surface area contributed by atoms with Gasteiger partial charge in [0.1, 0.15) is 47.6 Å². The molecule has 0 spiro atoms. The van der Waals surface area contributed by atoms with Crippen LogP contribution >= 0.6 is 0 Å². The molecule has 2 aliphatic rings. The normalized spacial score (nSPS) is 24.9. The zero-order valence-corrected chi connectivity index (χ0v) is 57.1. The van der Waals surface area contributed by atoms with Crippen LogP contribution in [-0.2, 0) is 65.3 Å². The topological polar surface area (TPSA) is 259 Å². The third kappa shape index (κ3) is 22.7. The number of rotatable bonds is 13. The Kier molecular flexibility index (Phi) is 29.9. The van der Waals surface area contributed by atoms with Gasteiger partial charge >= 0.3 is 6.18 Å². The van der Waals surface area contributed by atoms with Crippen molar-refractivity contribution in [3.05, 3.63) is 35.1 Å². The Morgan fingerprint density at radius 3 is 1.66 bits per heavy atom. The highest BCUT2D eigenvalue weighted by molar-refractivity contribution is 5.98. The lowest BCUT2D eigenvalue weighted by molar-refractivity contribution is -0.149. The van der Waals surface area contributed by atoms with Gasteiger partial charge in [0.25, 0.3) is 0 Å². The van der Waals surface area contributed by atoms with E-state index in [1.165, 1.54) is 77.9 Å². The van der Waals surface area contributed by atoms with Crippen LogP contribution in [0.25, 0.3) is 0 Å². The molecule has 1 aliphatic carbocycles. The summed E-state index contributed by atoms with van der Waals surface area (Å²) >= 11 is 0. The molecule has 1 aliphatic heterocycles. The second-order valence-corrected chi connectivity index (χ2v) is 27.2. The summed E-state index contributed by atoms with van der Waals surface area (Å²) < 4.78 is 55.7. The van der Waals surface area contributed by atoms with E-state index >= 15 is 0 Å². The van der Waals surface area contributed by atoms with Gasteiger partial charge in [0, 0.05) is 61.8 Å². The van der Waals surface area contributed by atoms with Gasteiger partial charge in [0.05, 0.1) is 25.2 Å². The van der Waals surface area contributed by atoms with E-state index in [0.29, 0.717) is 18.6 Å². The van der Waals surface area contributed by atoms with E-state index in [4.69, 9.17) is 0 Å². The monoisotopic (exact) mass is 1290 g/mol. The Balaban J connectivity index is 2.22. The fourth-order valence-electron chi connectivity index (χ4n) is 11.3. The minimum Gasteiger partial charge on any atom is -0.343 e. The second-order valence-electron chi connectivity index (χ2n) is 27.2. The number of carbonyl (C=O) groups is 11. The summed E-state index contributed by atoms with van der Waals surface area (Å²) in [6.07, 6.45) is -0.634. The van der Waals surface area contributed by atoms with Gasteiger partial charge in [-0.25, -0.2) is 4.39 Å². The lowest BCUT2D eigenvalue weighted by Crippen LogP contribution is -2.63. The van der Waals surface area contributed by atoms with Gasteiger partial charge in [0.2, 0.25) is 65.0 Å². The van der Waals surface area contributed by atoms with E-state index in [9.17, 15) is 70.3 Å². The van der Waals surface area contributed by atoms with E-state index in [1.807, 2.05) is 34.6 Å². The zero-order chi connectivity index (χ0) is 69.3. The Bertz CT molecular complexity index is 2720. The minimum absolute atomic E-state index is 0.00352. The molecule has 514 valence electrons. The first-order valence-corrected chi connectivity index (χ1v) is 32.0. The average molecular weight is 1290 g/mol. The Labute approximate surface area is 536 Å². The van der Waals surface area contributed by atoms with Gasteiger partial charge < -0.3 is 55.6 Å². The summed E-state index contributed by atoms with van der Waals surface area (Å²) in [7, 11) is 9.78. The summed E-state index contributed by atoms with van der Waals surface area (Å²) in [5.41, 5.74) is -3.19. The van der Waals surface area contributed by atoms with Crippen LogP contribution < -0.4 is 21.3 Å². The van der Waals surface area contributed by atoms with Gasteiger partial charge in [-0.3, -0.25) is 52.7 Å². The molecule has 3 rings (SSSR count). The molecule has 2 fully saturated rings. The molecule has 0 bridgehead atoms. The molecule has 0 radical (unpaired) electrons. The maximum Gasteiger partial charge on any atom is 0.419 e. The van der Waals surface area contributed by atoms with Crippen LogP contribution in [0.1, 0.15) is 164 Å². The summed E-state index contributed by atoms with van der Waals surface area (Å²) in [5, 5.41) is 11.0. The van der Waals surface area contributed by atoms with E-state index in [2.05, 4.69) is 21.3 Å². The molecule has 22 nitrogen and oxygen atoms in total. The molecule has 11 amide bonds. The van der Waals surface area contributed by atoms with Crippen molar-refractivity contribution in [1.29, 1.82) is 0 Å². The Morgan fingerprint density at radius 2 is 1.12 bits per heavy atom. The van der Waals surface area contributed by atoms with Crippen molar-refractivity contribution in [1.82, 2.24) is 55.6 Å². The van der Waals surface area contributed by atoms with Crippen molar-refractivity contribution < 1.29 is 70.3 Å². The third-order valence-corrected chi connectivity index (χ3v) is 17.9. The first-order valence-electron chi connectivity index (χ1n) is 32.0. The van der Waals surface area contributed by atoms with Crippen LogP contribution in [0.15, 0.2) is 18.2 Å². The summed E-state index contributed by atoms with van der Waals surface area (Å²) in [6.45, 7) is 17.4. The SMILES string of the molecule is CC[C@H](C)[C@@H]1NC(=O)[C@H](CC(C)C)N(C)C(=O)C[C@@H](C)N(C)C(=O)[C@H](CC(C)C)NC(=O)C(C)(C)N(C)C(=O)[C@H](CC(C)C)NC(=O)[C@H](CCc2ccc(C(F)(F)F)c(F)c2)NC(=O)CN(C)C(=O)[C@H](CC2CCCCC2)N(C)C(=O)CN(C)C(=O)CN(C)C1=O. The van der Waals surface area contributed by atoms with Crippen molar-refractivity contribution in [3.8, 4) is 0 Å². The van der Waals surface area contributed by atoms with Gasteiger partial charge in [-0.15, -0.1) is 0 Å². The fraction of sp³-hybridized carbons (Fsp3) is 0.738. The maximum absolute atomic E-state index is 14.9. The Hall–Kier alpha value is -6.89. The number of carbonyl (C=O) groups excluding carboxylic acids is 11. The molecule has 1 aromatic carbocycles. The minimum atomic E-state index is -5.00. The number of nitrogens with zero attached hydrogens (tertiary/aromatic N) is 7. The highest BCUT2D eigenvalue weighted by Crippen LogP contribution is 2.33. The molecule has 1 aromatic rings. The van der Waals surface area contributed by atoms with Crippen molar-refractivity contribution >= 4 is 65.0 Å². The molecule has 0 unspecified atom stereocenters. The smallest absolute Gasteiger partial charge is 0.343 e. The fourth-order valence-corrected chi connectivity index (χ4v) is 11.3. The van der Waals surface area contributed by atoms with Crippen LogP contribution in [0.5, 0.6) is 0 Å². The van der Waals surface area contributed by atoms with E-state index < -0.39 is 156 Å². The molecule has 8 atom stereocenters. The predicted molar refractivity (Wildman–Crippen MR) is 336 cm³/mol. The molecule has 1 saturated carbocycles. The quantitative estimate of drug-likeness (QED) is 0.182. The molecule has 26 heteroatoms. The van der Waals surface area contributed by atoms with Crippen LogP contribution in [-0.4, -0.2) is 216 Å². The number of halogens is 4. The van der Waals surface area contributed by atoms with Crippen molar-refractivity contribution in [2.45, 2.75) is 214 Å². The number of aryl methyl sites for hydroxylation is 1. The number of alkyl halides is 3. The van der Waals surface area contributed by atoms with Crippen LogP contribution in [0, 0.1) is 35.4 Å². The highest BCUT2D eigenvalue weighted by atomic mass is 19.4. The number of hydrogen-bond acceptors (Lipinski definition) is 11. The maximum atomic E-state index is 14.9. The number of benzene rings is 1. The van der Waals surface area contributed by atoms with Crippen LogP contribution in [0.4, 0.5) is 17.6 Å². The van der Waals surface area contributed by atoms with E-state index in [0.717, 1.165) is 57.8 Å². The first-order chi connectivity index (χ1) is 42.1. The summed E-state index contributed by atoms with van der Waals surface area (Å²) in [4.78, 5) is 167. The van der Waals surface area contributed by atoms with E-state index in [1.54, 1.807) is 27.7 Å². The van der Waals surface area contributed by atoms with Gasteiger partial charge in [0.15, 0.2) is 0 Å². The average Bonchev–Trinajstić information content (AvgIpc) is 1.09. The van der Waals surface area contributed by atoms with Crippen molar-refractivity contribution in [3.63, 3.8) is 0 Å². The standard InChI is InChI=1S/C65H105F4N11O11/c1-19-41(8)56-62(90)76(14)36-54(83)74(12)37-55(84)79(17)51(34-43-23-21-20-22-24-43)61(89)75(13)35-52(81)70-47(28-26-44-25-27-45(46(66)33-44)65(67,68)69)57(85)71-49(30-39(4)5)60(88)80(18)64(10,11)63(91)72-48(29-38(2)3)59(87)77(15)42(9)32-53(82)78(16)50(31-40(6)7)58(86)73-56/h25,27,33,38-43,47-51,56H,19-24,26,28-32,34-37H2,1-18H3,(H,70,81)(H,71,85)(H,72,91)(H,73,86)/t41-,42+,47-,48-,49-,50-,51-,56-/m0/s1. The van der Waals surface area contributed by atoms with E-state index in [-0.39, 0.29) is 74.2 Å². The predicted octanol–water partition coefficient (Wildman–Crippen LogP) is 5.39. The van der Waals surface area contributed by atoms with Gasteiger partial charge in [-0.05, 0) is 107 Å². The molecule has 0 aromatic heterocycles. The molecule has 4 N–H and O–H groups in total. The number of hydrogen-bond donors (Lipinski definition) is 4. The van der Waals surface area contributed by atoms with Crippen molar-refractivity contribution in [2.75, 3.05) is 69.0 Å². The molecule has 1 saturated heterocycles. The highest BCUT2D eigenvalue weighted by Gasteiger charge is 2.43. The first kappa shape index (κ1) is 78.4. The molecular formula is C65H105F4N11O11.